The standard InChI is InChI=1S/C11H12Br2ClNO4S/c1-6-3-8(13)10(4-7(6)12)20(17,18)15-5-9(14)11(16)19-2/h3-4,9,15H,5H2,1-2H3. The van der Waals surface area contributed by atoms with Gasteiger partial charge in [-0.3, -0.25) is 4.79 Å². The van der Waals surface area contributed by atoms with Crippen LogP contribution in [0.3, 0.4) is 0 Å². The second-order valence-corrected chi connectivity index (χ2v) is 7.85. The number of sulfonamides is 1. The summed E-state index contributed by atoms with van der Waals surface area (Å²) < 4.78 is 32.1. The van der Waals surface area contributed by atoms with E-state index in [0.29, 0.717) is 8.95 Å². The summed E-state index contributed by atoms with van der Waals surface area (Å²) in [6, 6.07) is 3.15. The lowest BCUT2D eigenvalue weighted by molar-refractivity contribution is -0.140. The molecule has 1 aromatic carbocycles. The summed E-state index contributed by atoms with van der Waals surface area (Å²) in [5.41, 5.74) is 0.889. The average molecular weight is 450 g/mol. The Kier molecular flexibility index (Phi) is 6.46. The first-order chi connectivity index (χ1) is 9.19. The Morgan fingerprint density at radius 1 is 1.40 bits per heavy atom. The summed E-state index contributed by atoms with van der Waals surface area (Å²) >= 11 is 12.2. The summed E-state index contributed by atoms with van der Waals surface area (Å²) in [6.45, 7) is 1.58. The van der Waals surface area contributed by atoms with Crippen molar-refractivity contribution in [2.75, 3.05) is 13.7 Å². The molecule has 0 heterocycles. The Bertz CT molecular complexity index is 621. The number of ether oxygens (including phenoxy) is 1. The number of nitrogens with one attached hydrogen (secondary N) is 1. The average Bonchev–Trinajstić information content (AvgIpc) is 2.39. The van der Waals surface area contributed by atoms with Crippen LogP contribution in [0.5, 0.6) is 0 Å². The highest BCUT2D eigenvalue weighted by Crippen LogP contribution is 2.28. The van der Waals surface area contributed by atoms with E-state index in [0.717, 1.165) is 5.56 Å². The summed E-state index contributed by atoms with van der Waals surface area (Å²) in [7, 11) is -2.61. The first kappa shape index (κ1) is 17.9. The maximum absolute atomic E-state index is 12.2. The van der Waals surface area contributed by atoms with E-state index in [4.69, 9.17) is 11.6 Å². The van der Waals surface area contributed by atoms with E-state index in [-0.39, 0.29) is 11.4 Å². The van der Waals surface area contributed by atoms with Crippen molar-refractivity contribution in [1.29, 1.82) is 0 Å². The fourth-order valence-electron chi connectivity index (χ4n) is 1.31. The Morgan fingerprint density at radius 3 is 2.55 bits per heavy atom. The maximum atomic E-state index is 12.2. The summed E-state index contributed by atoms with van der Waals surface area (Å²) in [4.78, 5) is 11.2. The topological polar surface area (TPSA) is 72.5 Å². The highest BCUT2D eigenvalue weighted by atomic mass is 79.9. The predicted octanol–water partition coefficient (Wildman–Crippen LogP) is 2.58. The quantitative estimate of drug-likeness (QED) is 0.554. The highest BCUT2D eigenvalue weighted by Gasteiger charge is 2.23. The predicted molar refractivity (Wildman–Crippen MR) is 83.4 cm³/mol. The van der Waals surface area contributed by atoms with E-state index < -0.39 is 21.4 Å². The lowest BCUT2D eigenvalue weighted by Gasteiger charge is -2.12. The number of rotatable bonds is 5. The zero-order chi connectivity index (χ0) is 15.5. The SMILES string of the molecule is COC(=O)C(Cl)CNS(=O)(=O)c1cc(Br)c(C)cc1Br. The minimum absolute atomic E-state index is 0.0590. The van der Waals surface area contributed by atoms with Crippen molar-refractivity contribution in [3.63, 3.8) is 0 Å². The normalized spacial score (nSPS) is 13.1. The van der Waals surface area contributed by atoms with Gasteiger partial charge in [0.1, 0.15) is 5.38 Å². The van der Waals surface area contributed by atoms with Gasteiger partial charge in [-0.1, -0.05) is 15.9 Å². The molecule has 0 aliphatic carbocycles. The number of aryl methyl sites for hydroxylation is 1. The molecule has 1 N–H and O–H groups in total. The van der Waals surface area contributed by atoms with E-state index in [9.17, 15) is 13.2 Å². The van der Waals surface area contributed by atoms with Gasteiger partial charge in [0, 0.05) is 15.5 Å². The molecule has 112 valence electrons. The molecule has 0 saturated heterocycles. The molecule has 0 aliphatic heterocycles. The Balaban J connectivity index is 2.95. The number of hydrogen-bond acceptors (Lipinski definition) is 4. The zero-order valence-electron chi connectivity index (χ0n) is 10.6. The zero-order valence-corrected chi connectivity index (χ0v) is 15.4. The third-order valence-electron chi connectivity index (χ3n) is 2.41. The number of benzene rings is 1. The van der Waals surface area contributed by atoms with Gasteiger partial charge < -0.3 is 4.74 Å². The number of esters is 1. The minimum atomic E-state index is -3.79. The number of carbonyl (C=O) groups is 1. The van der Waals surface area contributed by atoms with Gasteiger partial charge in [-0.15, -0.1) is 11.6 Å². The van der Waals surface area contributed by atoms with Gasteiger partial charge in [0.15, 0.2) is 0 Å². The fraction of sp³-hybridized carbons (Fsp3) is 0.364. The van der Waals surface area contributed by atoms with Gasteiger partial charge >= 0.3 is 5.97 Å². The molecule has 20 heavy (non-hydrogen) atoms. The monoisotopic (exact) mass is 447 g/mol. The van der Waals surface area contributed by atoms with E-state index in [2.05, 4.69) is 41.3 Å². The minimum Gasteiger partial charge on any atom is -0.468 e. The lowest BCUT2D eigenvalue weighted by Crippen LogP contribution is -2.34. The summed E-state index contributed by atoms with van der Waals surface area (Å²) in [5.74, 6) is -0.696. The van der Waals surface area contributed by atoms with Gasteiger partial charge in [0.2, 0.25) is 10.0 Å². The lowest BCUT2D eigenvalue weighted by atomic mass is 10.2. The molecule has 9 heteroatoms. The molecule has 0 bridgehead atoms. The second-order valence-electron chi connectivity index (χ2n) is 3.87. The van der Waals surface area contributed by atoms with Crippen LogP contribution < -0.4 is 4.72 Å². The van der Waals surface area contributed by atoms with Crippen LogP contribution in [0.4, 0.5) is 0 Å². The molecule has 1 atom stereocenters. The van der Waals surface area contributed by atoms with Crippen molar-refractivity contribution in [2.24, 2.45) is 0 Å². The number of alkyl halides is 1. The van der Waals surface area contributed by atoms with Gasteiger partial charge in [0.05, 0.1) is 12.0 Å². The number of hydrogen-bond donors (Lipinski definition) is 1. The summed E-state index contributed by atoms with van der Waals surface area (Å²) in [6.07, 6.45) is 0. The third kappa shape index (κ3) is 4.42. The van der Waals surface area contributed by atoms with Crippen LogP contribution in [-0.2, 0) is 19.6 Å². The second kappa shape index (κ2) is 7.22. The van der Waals surface area contributed by atoms with Crippen molar-refractivity contribution in [3.05, 3.63) is 26.6 Å². The third-order valence-corrected chi connectivity index (χ3v) is 5.98. The molecule has 0 spiro atoms. The Hall–Kier alpha value is -0.150. The molecular formula is C11H12Br2ClNO4S. The van der Waals surface area contributed by atoms with E-state index in [1.54, 1.807) is 6.07 Å². The summed E-state index contributed by atoms with van der Waals surface area (Å²) in [5, 5.41) is -1.08. The van der Waals surface area contributed by atoms with Crippen LogP contribution in [0.15, 0.2) is 26.0 Å². The molecule has 1 aromatic rings. The molecular weight excluding hydrogens is 437 g/mol. The van der Waals surface area contributed by atoms with Crippen molar-refractivity contribution in [2.45, 2.75) is 17.2 Å². The molecule has 0 aliphatic rings. The number of halogens is 3. The van der Waals surface area contributed by atoms with Crippen LogP contribution in [0.25, 0.3) is 0 Å². The van der Waals surface area contributed by atoms with Crippen LogP contribution in [0.2, 0.25) is 0 Å². The van der Waals surface area contributed by atoms with Gasteiger partial charge in [-0.05, 0) is 40.5 Å². The van der Waals surface area contributed by atoms with Crippen molar-refractivity contribution < 1.29 is 17.9 Å². The number of methoxy groups -OCH3 is 1. The number of carbonyl (C=O) groups excluding carboxylic acids is 1. The van der Waals surface area contributed by atoms with Gasteiger partial charge in [-0.25, -0.2) is 13.1 Å². The molecule has 1 unspecified atom stereocenters. The van der Waals surface area contributed by atoms with Crippen LogP contribution in [0, 0.1) is 6.92 Å². The maximum Gasteiger partial charge on any atom is 0.325 e. The molecule has 0 fully saturated rings. The fourth-order valence-corrected chi connectivity index (χ4v) is 4.29. The van der Waals surface area contributed by atoms with E-state index in [1.165, 1.54) is 13.2 Å². The van der Waals surface area contributed by atoms with Crippen molar-refractivity contribution in [3.8, 4) is 0 Å². The first-order valence-corrected chi connectivity index (χ1v) is 8.87. The molecule has 0 aromatic heterocycles. The Morgan fingerprint density at radius 2 is 2.00 bits per heavy atom. The Labute approximate surface area is 139 Å². The molecule has 0 saturated carbocycles. The van der Waals surface area contributed by atoms with E-state index >= 15 is 0 Å². The first-order valence-electron chi connectivity index (χ1n) is 5.36. The van der Waals surface area contributed by atoms with Gasteiger partial charge in [-0.2, -0.15) is 0 Å². The smallest absolute Gasteiger partial charge is 0.325 e. The van der Waals surface area contributed by atoms with Crippen molar-refractivity contribution in [1.82, 2.24) is 4.72 Å². The largest absolute Gasteiger partial charge is 0.468 e. The molecule has 1 rings (SSSR count). The van der Waals surface area contributed by atoms with Crippen molar-refractivity contribution >= 4 is 59.5 Å². The molecule has 5 nitrogen and oxygen atoms in total. The van der Waals surface area contributed by atoms with Crippen LogP contribution >= 0.6 is 43.5 Å². The van der Waals surface area contributed by atoms with Crippen LogP contribution in [0.1, 0.15) is 5.56 Å². The highest BCUT2D eigenvalue weighted by molar-refractivity contribution is 9.11. The molecule has 0 radical (unpaired) electrons. The van der Waals surface area contributed by atoms with Crippen LogP contribution in [-0.4, -0.2) is 33.4 Å². The van der Waals surface area contributed by atoms with E-state index in [1.807, 2.05) is 6.92 Å². The van der Waals surface area contributed by atoms with Gasteiger partial charge in [0.25, 0.3) is 0 Å². The molecule has 0 amide bonds.